The molecule has 0 radical (unpaired) electrons. The monoisotopic (exact) mass is 216 g/mol. The van der Waals surface area contributed by atoms with E-state index in [9.17, 15) is 35.1 Å². The summed E-state index contributed by atoms with van der Waals surface area (Å²) in [6, 6.07) is 0. The van der Waals surface area contributed by atoms with Crippen molar-refractivity contribution in [3.05, 3.63) is 0 Å². The molecule has 0 aliphatic rings. The highest BCUT2D eigenvalue weighted by Gasteiger charge is 2.54. The van der Waals surface area contributed by atoms with Crippen LogP contribution < -0.4 is 0 Å². The number of nitrogens with zero attached hydrogens (tertiary/aromatic N) is 2. The Morgan fingerprint density at radius 2 is 1.15 bits per heavy atom. The standard InChI is InChI=1S/C3F8N2/c4-1(5)12-13(2(6,7)8)3(9,10)11. The zero-order valence-electron chi connectivity index (χ0n) is 5.42. The van der Waals surface area contributed by atoms with Crippen molar-refractivity contribution in [1.82, 2.24) is 5.01 Å². The summed E-state index contributed by atoms with van der Waals surface area (Å²) in [5.41, 5.74) is 0. The van der Waals surface area contributed by atoms with E-state index in [-0.39, 0.29) is 0 Å². The van der Waals surface area contributed by atoms with E-state index in [1.807, 2.05) is 0 Å². The Bertz CT molecular complexity index is 182. The molecule has 0 atom stereocenters. The summed E-state index contributed by atoms with van der Waals surface area (Å²) in [6.45, 7) is 0. The van der Waals surface area contributed by atoms with Crippen LogP contribution in [-0.2, 0) is 0 Å². The van der Waals surface area contributed by atoms with Crippen molar-refractivity contribution < 1.29 is 35.1 Å². The van der Waals surface area contributed by atoms with Gasteiger partial charge in [0.15, 0.2) is 0 Å². The van der Waals surface area contributed by atoms with Gasteiger partial charge >= 0.3 is 18.8 Å². The lowest BCUT2D eigenvalue weighted by Crippen LogP contribution is -2.44. The third-order valence-electron chi connectivity index (χ3n) is 0.656. The van der Waals surface area contributed by atoms with E-state index >= 15 is 0 Å². The van der Waals surface area contributed by atoms with Crippen molar-refractivity contribution in [1.29, 1.82) is 0 Å². The first-order valence-corrected chi connectivity index (χ1v) is 2.38. The zero-order valence-corrected chi connectivity index (χ0v) is 5.42. The molecule has 0 aliphatic heterocycles. The second-order valence-corrected chi connectivity index (χ2v) is 1.59. The number of hydrazone groups is 1. The second kappa shape index (κ2) is 3.34. The maximum Gasteiger partial charge on any atom is 0.507 e. The first-order chi connectivity index (χ1) is 5.55. The highest BCUT2D eigenvalue weighted by molar-refractivity contribution is 5.63. The van der Waals surface area contributed by atoms with E-state index in [1.165, 1.54) is 0 Å². The number of hydrogen-bond donors (Lipinski definition) is 0. The van der Waals surface area contributed by atoms with Gasteiger partial charge in [-0.2, -0.15) is 0 Å². The Hall–Kier alpha value is -1.09. The Labute approximate surface area is 65.4 Å². The van der Waals surface area contributed by atoms with E-state index in [0.29, 0.717) is 0 Å². The van der Waals surface area contributed by atoms with Crippen LogP contribution in [0.15, 0.2) is 5.10 Å². The molecule has 13 heavy (non-hydrogen) atoms. The molecular weight excluding hydrogens is 216 g/mol. The Morgan fingerprint density at radius 1 is 0.846 bits per heavy atom. The lowest BCUT2D eigenvalue weighted by Gasteiger charge is -2.22. The highest BCUT2D eigenvalue weighted by Crippen LogP contribution is 2.33. The minimum absolute atomic E-state index is 0.986. The second-order valence-electron chi connectivity index (χ2n) is 1.59. The minimum atomic E-state index is -6.03. The van der Waals surface area contributed by atoms with Gasteiger partial charge in [0.25, 0.3) is 0 Å². The fourth-order valence-corrected chi connectivity index (χ4v) is 0.333. The van der Waals surface area contributed by atoms with Crippen LogP contribution in [0.3, 0.4) is 0 Å². The van der Waals surface area contributed by atoms with Crippen molar-refractivity contribution in [3.63, 3.8) is 0 Å². The summed E-state index contributed by atoms with van der Waals surface area (Å²) < 4.78 is 90.2. The maximum absolute atomic E-state index is 11.3. The Balaban J connectivity index is 4.90. The lowest BCUT2D eigenvalue weighted by molar-refractivity contribution is -0.374. The molecule has 0 aliphatic carbocycles. The smallest absolute Gasteiger partial charge is 0.149 e. The van der Waals surface area contributed by atoms with Crippen LogP contribution in [-0.4, -0.2) is 23.8 Å². The fraction of sp³-hybridized carbons (Fsp3) is 0.667. The Morgan fingerprint density at radius 3 is 1.23 bits per heavy atom. The molecule has 0 aromatic rings. The summed E-state index contributed by atoms with van der Waals surface area (Å²) in [5, 5.41) is -1.60. The van der Waals surface area contributed by atoms with Gasteiger partial charge in [-0.05, 0) is 0 Å². The normalized spacial score (nSPS) is 12.6. The largest absolute Gasteiger partial charge is 0.507 e. The fourth-order valence-electron chi connectivity index (χ4n) is 0.333. The van der Waals surface area contributed by atoms with Gasteiger partial charge < -0.3 is 0 Å². The van der Waals surface area contributed by atoms with E-state index in [4.69, 9.17) is 0 Å². The number of rotatable bonds is 1. The van der Waals surface area contributed by atoms with Gasteiger partial charge in [-0.3, -0.25) is 0 Å². The van der Waals surface area contributed by atoms with Gasteiger partial charge in [-0.1, -0.05) is 0 Å². The molecule has 10 heteroatoms. The summed E-state index contributed by atoms with van der Waals surface area (Å²) in [5.74, 6) is 0. The summed E-state index contributed by atoms with van der Waals surface area (Å²) >= 11 is 0. The van der Waals surface area contributed by atoms with E-state index < -0.39 is 23.8 Å². The molecule has 0 bridgehead atoms. The molecular formula is C3F8N2. The van der Waals surface area contributed by atoms with Gasteiger partial charge in [0.2, 0.25) is 0 Å². The van der Waals surface area contributed by atoms with Crippen molar-refractivity contribution >= 4 is 6.22 Å². The van der Waals surface area contributed by atoms with Crippen LogP contribution in [0.25, 0.3) is 0 Å². The molecule has 0 rings (SSSR count). The predicted octanol–water partition coefficient (Wildman–Crippen LogP) is 2.54. The van der Waals surface area contributed by atoms with Crippen LogP contribution in [0.4, 0.5) is 35.1 Å². The quantitative estimate of drug-likeness (QED) is 0.284. The molecule has 0 N–H and O–H groups in total. The van der Waals surface area contributed by atoms with Gasteiger partial charge in [0, 0.05) is 0 Å². The number of alkyl halides is 6. The van der Waals surface area contributed by atoms with Crippen molar-refractivity contribution in [3.8, 4) is 0 Å². The van der Waals surface area contributed by atoms with Gasteiger partial charge in [0.1, 0.15) is 0 Å². The zero-order chi connectivity index (χ0) is 10.9. The average molecular weight is 216 g/mol. The van der Waals surface area contributed by atoms with E-state index in [2.05, 4.69) is 0 Å². The van der Waals surface area contributed by atoms with Crippen LogP contribution in [0.5, 0.6) is 0 Å². The molecule has 0 unspecified atom stereocenters. The molecule has 78 valence electrons. The minimum Gasteiger partial charge on any atom is -0.149 e. The average Bonchev–Trinajstić information content (AvgIpc) is 1.77. The molecule has 0 saturated heterocycles. The van der Waals surface area contributed by atoms with Gasteiger partial charge in [0.05, 0.1) is 0 Å². The third kappa shape index (κ3) is 3.90. The lowest BCUT2D eigenvalue weighted by atomic mass is 10.9. The summed E-state index contributed by atoms with van der Waals surface area (Å²) in [4.78, 5) is 0. The van der Waals surface area contributed by atoms with Gasteiger partial charge in [-0.25, -0.2) is 0 Å². The predicted molar refractivity (Wildman–Crippen MR) is 23.6 cm³/mol. The third-order valence-corrected chi connectivity index (χ3v) is 0.656. The van der Waals surface area contributed by atoms with Crippen LogP contribution in [0.1, 0.15) is 0 Å². The molecule has 0 fully saturated rings. The van der Waals surface area contributed by atoms with Crippen LogP contribution in [0, 0.1) is 0 Å². The van der Waals surface area contributed by atoms with Crippen LogP contribution in [0.2, 0.25) is 0 Å². The molecule has 0 saturated carbocycles. The number of halogens is 8. The van der Waals surface area contributed by atoms with Crippen molar-refractivity contribution in [2.24, 2.45) is 5.10 Å². The van der Waals surface area contributed by atoms with Crippen molar-refractivity contribution in [2.75, 3.05) is 0 Å². The molecule has 0 spiro atoms. The first-order valence-electron chi connectivity index (χ1n) is 2.38. The topological polar surface area (TPSA) is 15.6 Å². The molecule has 0 heterocycles. The highest BCUT2D eigenvalue weighted by atomic mass is 19.4. The van der Waals surface area contributed by atoms with E-state index in [0.717, 1.165) is 5.10 Å². The van der Waals surface area contributed by atoms with E-state index in [1.54, 1.807) is 0 Å². The molecule has 0 amide bonds. The summed E-state index contributed by atoms with van der Waals surface area (Å²) in [7, 11) is 0. The van der Waals surface area contributed by atoms with Crippen LogP contribution >= 0.6 is 0 Å². The Kier molecular flexibility index (Phi) is 3.06. The molecule has 2 nitrogen and oxygen atoms in total. The van der Waals surface area contributed by atoms with Crippen molar-refractivity contribution in [2.45, 2.75) is 12.6 Å². The number of hydrogen-bond acceptors (Lipinski definition) is 2. The first kappa shape index (κ1) is 11.9. The maximum atomic E-state index is 11.3. The molecule has 0 aromatic carbocycles. The SMILES string of the molecule is FC(F)=NN(C(F)(F)F)C(F)(F)F. The molecule has 0 aromatic heterocycles. The summed E-state index contributed by atoms with van der Waals surface area (Å²) in [6.07, 6.45) is -15.4. The van der Waals surface area contributed by atoms with Gasteiger partial charge in [-0.15, -0.1) is 45.2 Å².